The van der Waals surface area contributed by atoms with Gasteiger partial charge in [0.2, 0.25) is 0 Å². The van der Waals surface area contributed by atoms with Crippen LogP contribution in [-0.4, -0.2) is 0 Å². The van der Waals surface area contributed by atoms with E-state index in [0.717, 1.165) is 48.7 Å². The Bertz CT molecular complexity index is 1430. The van der Waals surface area contributed by atoms with Gasteiger partial charge in [0.15, 0.2) is 16.9 Å². The summed E-state index contributed by atoms with van der Waals surface area (Å²) < 4.78 is 8.09. The Balaban J connectivity index is 1.63. The summed E-state index contributed by atoms with van der Waals surface area (Å²) in [6.45, 7) is 0. The standard InChI is InChI=1S/C25H15NO2S/c27-25-17-7-1-6-12-23(17)29-24-15-16(13-14-18(24)25)26-19-8-2-4-10-21(19)28-22-11-5-3-9-20(22)26/h1-15H. The second-order valence-corrected chi connectivity index (χ2v) is 8.06. The molecule has 1 aliphatic heterocycles. The molecule has 0 fully saturated rings. The van der Waals surface area contributed by atoms with Crippen molar-refractivity contribution >= 4 is 48.6 Å². The minimum Gasteiger partial charge on any atom is -0.453 e. The molecule has 0 saturated carbocycles. The first-order valence-electron chi connectivity index (χ1n) is 9.41. The summed E-state index contributed by atoms with van der Waals surface area (Å²) in [5, 5.41) is 1.53. The van der Waals surface area contributed by atoms with E-state index < -0.39 is 0 Å². The summed E-state index contributed by atoms with van der Waals surface area (Å²) in [5.74, 6) is 1.64. The van der Waals surface area contributed by atoms with Gasteiger partial charge >= 0.3 is 0 Å². The fourth-order valence-corrected chi connectivity index (χ4v) is 5.02. The minimum absolute atomic E-state index is 0.0867. The van der Waals surface area contributed by atoms with E-state index in [1.807, 2.05) is 72.8 Å². The van der Waals surface area contributed by atoms with E-state index >= 15 is 0 Å². The van der Waals surface area contributed by atoms with E-state index in [-0.39, 0.29) is 5.43 Å². The van der Waals surface area contributed by atoms with Crippen LogP contribution < -0.4 is 15.1 Å². The van der Waals surface area contributed by atoms with Crippen LogP contribution in [0.25, 0.3) is 20.2 Å². The van der Waals surface area contributed by atoms with Crippen LogP contribution in [0, 0.1) is 0 Å². The van der Waals surface area contributed by atoms with Crippen LogP contribution in [0.4, 0.5) is 17.1 Å². The number of anilines is 3. The summed E-state index contributed by atoms with van der Waals surface area (Å²) in [7, 11) is 0. The molecular weight excluding hydrogens is 378 g/mol. The maximum absolute atomic E-state index is 12.9. The van der Waals surface area contributed by atoms with Crippen LogP contribution in [0.1, 0.15) is 0 Å². The number of para-hydroxylation sites is 4. The summed E-state index contributed by atoms with van der Waals surface area (Å²) in [5.41, 5.74) is 3.06. The molecule has 2 heterocycles. The van der Waals surface area contributed by atoms with Gasteiger partial charge in [0.1, 0.15) is 0 Å². The molecule has 0 spiro atoms. The number of ether oxygens (including phenoxy) is 1. The van der Waals surface area contributed by atoms with Crippen molar-refractivity contribution in [2.75, 3.05) is 4.90 Å². The number of nitrogens with zero attached hydrogens (tertiary/aromatic N) is 1. The fraction of sp³-hybridized carbons (Fsp3) is 0. The molecule has 0 aliphatic carbocycles. The zero-order valence-corrected chi connectivity index (χ0v) is 16.1. The first kappa shape index (κ1) is 16.3. The quantitative estimate of drug-likeness (QED) is 0.282. The zero-order valence-electron chi connectivity index (χ0n) is 15.3. The van der Waals surface area contributed by atoms with Crippen molar-refractivity contribution in [3.8, 4) is 11.5 Å². The van der Waals surface area contributed by atoms with E-state index in [9.17, 15) is 4.79 Å². The lowest BCUT2D eigenvalue weighted by atomic mass is 10.1. The Morgan fingerprint density at radius 3 is 2.03 bits per heavy atom. The molecule has 5 aromatic rings. The van der Waals surface area contributed by atoms with Crippen LogP contribution >= 0.6 is 11.3 Å². The molecule has 0 N–H and O–H groups in total. The Morgan fingerprint density at radius 2 is 1.28 bits per heavy atom. The molecule has 6 rings (SSSR count). The van der Waals surface area contributed by atoms with Gasteiger partial charge in [0, 0.05) is 25.9 Å². The summed E-state index contributed by atoms with van der Waals surface area (Å²) in [6, 6.07) is 29.9. The first-order valence-corrected chi connectivity index (χ1v) is 10.2. The number of hydrogen-bond donors (Lipinski definition) is 0. The molecule has 1 aliphatic rings. The topological polar surface area (TPSA) is 29.5 Å². The average molecular weight is 393 g/mol. The Morgan fingerprint density at radius 1 is 0.655 bits per heavy atom. The third-order valence-corrected chi connectivity index (χ3v) is 6.39. The van der Waals surface area contributed by atoms with Crippen LogP contribution in [-0.2, 0) is 0 Å². The van der Waals surface area contributed by atoms with Crippen molar-refractivity contribution in [2.45, 2.75) is 0 Å². The van der Waals surface area contributed by atoms with E-state index in [1.165, 1.54) is 0 Å². The summed E-state index contributed by atoms with van der Waals surface area (Å²) in [6.07, 6.45) is 0. The molecule has 3 nitrogen and oxygen atoms in total. The molecule has 0 saturated heterocycles. The highest BCUT2D eigenvalue weighted by molar-refractivity contribution is 7.24. The number of benzene rings is 4. The Kier molecular flexibility index (Phi) is 3.49. The van der Waals surface area contributed by atoms with Crippen LogP contribution in [0.5, 0.6) is 11.5 Å². The Labute approximate surface area is 171 Å². The normalized spacial score (nSPS) is 12.5. The van der Waals surface area contributed by atoms with Gasteiger partial charge in [-0.2, -0.15) is 0 Å². The summed E-state index contributed by atoms with van der Waals surface area (Å²) >= 11 is 1.65. The van der Waals surface area contributed by atoms with Gasteiger partial charge in [-0.3, -0.25) is 4.79 Å². The van der Waals surface area contributed by atoms with Gasteiger partial charge in [-0.1, -0.05) is 36.4 Å². The minimum atomic E-state index is 0.0867. The van der Waals surface area contributed by atoms with Gasteiger partial charge in [0.25, 0.3) is 0 Å². The maximum atomic E-state index is 12.9. The van der Waals surface area contributed by atoms with Crippen molar-refractivity contribution in [3.05, 3.63) is 101 Å². The second-order valence-electron chi connectivity index (χ2n) is 6.98. The molecule has 0 atom stereocenters. The predicted octanol–water partition coefficient (Wildman–Crippen LogP) is 6.99. The number of hydrogen-bond acceptors (Lipinski definition) is 4. The lowest BCUT2D eigenvalue weighted by Crippen LogP contribution is -2.15. The lowest BCUT2D eigenvalue weighted by Gasteiger charge is -2.32. The van der Waals surface area contributed by atoms with E-state index in [1.54, 1.807) is 11.3 Å². The fourth-order valence-electron chi connectivity index (χ4n) is 3.91. The smallest absolute Gasteiger partial charge is 0.195 e. The van der Waals surface area contributed by atoms with Crippen molar-refractivity contribution in [3.63, 3.8) is 0 Å². The molecule has 0 radical (unpaired) electrons. The molecule has 4 aromatic carbocycles. The molecular formula is C25H15NO2S. The molecule has 0 unspecified atom stereocenters. The largest absolute Gasteiger partial charge is 0.453 e. The third-order valence-electron chi connectivity index (χ3n) is 5.25. The molecule has 4 heteroatoms. The second kappa shape index (κ2) is 6.19. The van der Waals surface area contributed by atoms with E-state index in [0.29, 0.717) is 0 Å². The van der Waals surface area contributed by atoms with Gasteiger partial charge < -0.3 is 9.64 Å². The predicted molar refractivity (Wildman–Crippen MR) is 120 cm³/mol. The Hall–Kier alpha value is -3.63. The van der Waals surface area contributed by atoms with Crippen molar-refractivity contribution in [1.29, 1.82) is 0 Å². The zero-order chi connectivity index (χ0) is 19.4. The van der Waals surface area contributed by atoms with E-state index in [4.69, 9.17) is 4.74 Å². The third kappa shape index (κ3) is 2.46. The highest BCUT2D eigenvalue weighted by atomic mass is 32.1. The average Bonchev–Trinajstić information content (AvgIpc) is 2.77. The SMILES string of the molecule is O=c1c2ccccc2sc2cc(N3c4ccccc4Oc4ccccc43)ccc12. The molecule has 1 aromatic heterocycles. The van der Waals surface area contributed by atoms with Crippen molar-refractivity contribution < 1.29 is 4.74 Å². The molecule has 0 bridgehead atoms. The van der Waals surface area contributed by atoms with Gasteiger partial charge in [-0.15, -0.1) is 11.3 Å². The summed E-state index contributed by atoms with van der Waals surface area (Å²) in [4.78, 5) is 15.1. The lowest BCUT2D eigenvalue weighted by molar-refractivity contribution is 0.477. The highest BCUT2D eigenvalue weighted by Gasteiger charge is 2.25. The van der Waals surface area contributed by atoms with Gasteiger partial charge in [-0.25, -0.2) is 0 Å². The highest BCUT2D eigenvalue weighted by Crippen LogP contribution is 2.50. The molecule has 29 heavy (non-hydrogen) atoms. The maximum Gasteiger partial charge on any atom is 0.195 e. The van der Waals surface area contributed by atoms with Gasteiger partial charge in [0.05, 0.1) is 11.4 Å². The van der Waals surface area contributed by atoms with Crippen LogP contribution in [0.3, 0.4) is 0 Å². The molecule has 0 amide bonds. The number of fused-ring (bicyclic) bond motifs is 4. The monoisotopic (exact) mass is 393 g/mol. The number of rotatable bonds is 1. The van der Waals surface area contributed by atoms with Gasteiger partial charge in [-0.05, 0) is 54.6 Å². The van der Waals surface area contributed by atoms with Crippen molar-refractivity contribution in [1.82, 2.24) is 0 Å². The first-order chi connectivity index (χ1) is 14.3. The van der Waals surface area contributed by atoms with Crippen LogP contribution in [0.15, 0.2) is 95.8 Å². The van der Waals surface area contributed by atoms with Crippen LogP contribution in [0.2, 0.25) is 0 Å². The van der Waals surface area contributed by atoms with Crippen molar-refractivity contribution in [2.24, 2.45) is 0 Å². The molecule has 138 valence electrons. The van der Waals surface area contributed by atoms with E-state index in [2.05, 4.69) is 23.1 Å².